The van der Waals surface area contributed by atoms with E-state index in [1.807, 2.05) is 0 Å². The van der Waals surface area contributed by atoms with Crippen molar-refractivity contribution < 1.29 is 9.53 Å². The summed E-state index contributed by atoms with van der Waals surface area (Å²) < 4.78 is 6.23. The van der Waals surface area contributed by atoms with Gasteiger partial charge in [-0.05, 0) is 95.9 Å². The van der Waals surface area contributed by atoms with Crippen LogP contribution in [0.2, 0.25) is 0 Å². The van der Waals surface area contributed by atoms with Crippen LogP contribution in [0.15, 0.2) is 23.3 Å². The van der Waals surface area contributed by atoms with Gasteiger partial charge in [0.15, 0.2) is 0 Å². The minimum Gasteiger partial charge on any atom is -0.462 e. The minimum absolute atomic E-state index is 0.00125. The van der Waals surface area contributed by atoms with Crippen LogP contribution in [0.3, 0.4) is 0 Å². The molecule has 2 heteroatoms. The number of hydrogen-bond donors (Lipinski definition) is 0. The molecule has 0 bridgehead atoms. The number of allylic oxidation sites excluding steroid dienone is 4. The van der Waals surface area contributed by atoms with Gasteiger partial charge in [0, 0.05) is 0 Å². The number of carbonyl (C=O) groups is 1. The zero-order valence-corrected chi connectivity index (χ0v) is 31.2. The highest BCUT2D eigenvalue weighted by molar-refractivity contribution is 5.77. The molecule has 0 aliphatic heterocycles. The summed E-state index contributed by atoms with van der Waals surface area (Å²) in [5, 5.41) is 0. The number of rotatable bonds is 9. The molecule has 1 aliphatic rings. The first-order valence-corrected chi connectivity index (χ1v) is 16.5. The average Bonchev–Trinajstić information content (AvgIpc) is 2.71. The topological polar surface area (TPSA) is 26.3 Å². The molecule has 0 amide bonds. The Balaban J connectivity index is 3.27. The fourth-order valence-electron chi connectivity index (χ4n) is 6.58. The van der Waals surface area contributed by atoms with Gasteiger partial charge < -0.3 is 4.74 Å². The predicted octanol–water partition coefficient (Wildman–Crippen LogP) is 12.2. The highest BCUT2D eigenvalue weighted by Crippen LogP contribution is 2.50. The molecule has 0 spiro atoms. The summed E-state index contributed by atoms with van der Waals surface area (Å²) in [6.07, 6.45) is 10.1. The summed E-state index contributed by atoms with van der Waals surface area (Å²) >= 11 is 0. The smallest absolute Gasteiger partial charge is 0.312 e. The fraction of sp³-hybridized carbons (Fsp3) is 0.872. The number of ether oxygens (including phenoxy) is 1. The molecule has 0 fully saturated rings. The predicted molar refractivity (Wildman–Crippen MR) is 181 cm³/mol. The van der Waals surface area contributed by atoms with Gasteiger partial charge in [0.25, 0.3) is 0 Å². The van der Waals surface area contributed by atoms with Gasteiger partial charge in [-0.2, -0.15) is 0 Å². The summed E-state index contributed by atoms with van der Waals surface area (Å²) in [6.45, 7) is 43.7. The molecule has 0 aromatic rings. The van der Waals surface area contributed by atoms with E-state index in [4.69, 9.17) is 4.74 Å². The monoisotopic (exact) mass is 573 g/mol. The van der Waals surface area contributed by atoms with E-state index >= 15 is 0 Å². The first-order chi connectivity index (χ1) is 17.9. The van der Waals surface area contributed by atoms with Crippen molar-refractivity contribution in [1.82, 2.24) is 0 Å². The van der Waals surface area contributed by atoms with Crippen molar-refractivity contribution in [1.29, 1.82) is 0 Å². The van der Waals surface area contributed by atoms with Crippen molar-refractivity contribution in [3.63, 3.8) is 0 Å². The van der Waals surface area contributed by atoms with E-state index in [9.17, 15) is 4.79 Å². The number of carbonyl (C=O) groups excluding carboxylic acids is 1. The lowest BCUT2D eigenvalue weighted by Gasteiger charge is -2.44. The van der Waals surface area contributed by atoms with Crippen LogP contribution in [0.5, 0.6) is 0 Å². The van der Waals surface area contributed by atoms with Gasteiger partial charge in [0.1, 0.15) is 0 Å². The molecule has 0 saturated carbocycles. The van der Waals surface area contributed by atoms with Crippen LogP contribution in [0, 0.1) is 49.7 Å². The Hall–Kier alpha value is -1.05. The molecule has 0 aromatic heterocycles. The maximum atomic E-state index is 13.7. The van der Waals surface area contributed by atoms with Crippen LogP contribution in [-0.2, 0) is 9.53 Å². The van der Waals surface area contributed by atoms with E-state index in [2.05, 4.69) is 144 Å². The molecule has 0 aromatic carbocycles. The Bertz CT molecular complexity index is 940. The van der Waals surface area contributed by atoms with Crippen molar-refractivity contribution in [2.24, 2.45) is 49.7 Å². The fourth-order valence-corrected chi connectivity index (χ4v) is 6.58. The second kappa shape index (κ2) is 12.5. The van der Waals surface area contributed by atoms with Gasteiger partial charge in [-0.25, -0.2) is 0 Å². The molecular formula is C39H72O2. The van der Waals surface area contributed by atoms with Crippen molar-refractivity contribution in [3.8, 4) is 0 Å². The second-order valence-corrected chi connectivity index (χ2v) is 20.1. The largest absolute Gasteiger partial charge is 0.462 e. The molecule has 4 atom stereocenters. The minimum atomic E-state index is -0.534. The lowest BCUT2D eigenvalue weighted by molar-refractivity contribution is -0.170. The molecule has 1 aliphatic carbocycles. The van der Waals surface area contributed by atoms with Gasteiger partial charge in [-0.3, -0.25) is 4.79 Å². The average molecular weight is 573 g/mol. The Kier molecular flexibility index (Phi) is 11.6. The lowest BCUT2D eigenvalue weighted by Crippen LogP contribution is -2.45. The van der Waals surface area contributed by atoms with Crippen LogP contribution in [0.25, 0.3) is 0 Å². The van der Waals surface area contributed by atoms with E-state index in [0.29, 0.717) is 17.3 Å². The van der Waals surface area contributed by atoms with E-state index in [-0.39, 0.29) is 39.1 Å². The quantitative estimate of drug-likeness (QED) is 0.257. The van der Waals surface area contributed by atoms with Gasteiger partial charge >= 0.3 is 5.97 Å². The zero-order chi connectivity index (χ0) is 32.6. The molecular weight excluding hydrogens is 500 g/mol. The summed E-state index contributed by atoms with van der Waals surface area (Å²) in [6, 6.07) is 0. The molecule has 4 unspecified atom stereocenters. The first-order valence-electron chi connectivity index (χ1n) is 16.5. The summed E-state index contributed by atoms with van der Waals surface area (Å²) in [5.41, 5.74) is 3.04. The molecule has 41 heavy (non-hydrogen) atoms. The Morgan fingerprint density at radius 2 is 1.34 bits per heavy atom. The molecule has 1 rings (SSSR count). The van der Waals surface area contributed by atoms with E-state index in [1.165, 1.54) is 12.0 Å². The van der Waals surface area contributed by atoms with Crippen LogP contribution < -0.4 is 0 Å². The van der Waals surface area contributed by atoms with Gasteiger partial charge in [0.05, 0.1) is 11.5 Å². The van der Waals surface area contributed by atoms with E-state index in [0.717, 1.165) is 25.7 Å². The van der Waals surface area contributed by atoms with Crippen molar-refractivity contribution >= 4 is 5.97 Å². The second-order valence-electron chi connectivity index (χ2n) is 20.1. The highest BCUT2D eigenvalue weighted by atomic mass is 16.5. The third-order valence-corrected chi connectivity index (χ3v) is 9.86. The molecule has 0 heterocycles. The van der Waals surface area contributed by atoms with Gasteiger partial charge in [-0.1, -0.05) is 135 Å². The normalized spacial score (nSPS) is 21.0. The summed E-state index contributed by atoms with van der Waals surface area (Å²) in [7, 11) is 0. The molecule has 2 nitrogen and oxygen atoms in total. The van der Waals surface area contributed by atoms with E-state index in [1.54, 1.807) is 5.57 Å². The number of hydrogen-bond acceptors (Lipinski definition) is 2. The Morgan fingerprint density at radius 1 is 0.829 bits per heavy atom. The van der Waals surface area contributed by atoms with Crippen molar-refractivity contribution in [2.45, 2.75) is 170 Å². The van der Waals surface area contributed by atoms with Crippen LogP contribution >= 0.6 is 0 Å². The third kappa shape index (κ3) is 11.2. The standard InChI is InChI=1S/C39H72O2/c1-27(41-32(40)39(19,37(14,15)16)26-34(5,6)7)20-21-38(17,18)30-23-28(22-29(24-30)35(8,9)10)31(36(11,12)13)25-33(2,3)4/h23-24,27-28,31H,20-22,25-26H2,1-19H3. The van der Waals surface area contributed by atoms with Crippen LogP contribution in [0.1, 0.15) is 164 Å². The third-order valence-electron chi connectivity index (χ3n) is 9.86. The SMILES string of the molecule is CC(CCC(C)(C)C1=CC(C(CC(C)(C)C)C(C)(C)C)CC(C(C)(C)C)=C1)OC(=O)C(C)(CC(C)(C)C)C(C)(C)C. The summed E-state index contributed by atoms with van der Waals surface area (Å²) in [5.74, 6) is 1.09. The molecule has 0 N–H and O–H groups in total. The van der Waals surface area contributed by atoms with Crippen molar-refractivity contribution in [3.05, 3.63) is 23.3 Å². The molecule has 240 valence electrons. The van der Waals surface area contributed by atoms with Gasteiger partial charge in [-0.15, -0.1) is 0 Å². The molecule has 0 saturated heterocycles. The zero-order valence-electron chi connectivity index (χ0n) is 31.2. The maximum absolute atomic E-state index is 13.7. The summed E-state index contributed by atoms with van der Waals surface area (Å²) in [4.78, 5) is 13.7. The molecule has 0 radical (unpaired) electrons. The highest BCUT2D eigenvalue weighted by Gasteiger charge is 2.48. The van der Waals surface area contributed by atoms with Gasteiger partial charge in [0.2, 0.25) is 0 Å². The number of esters is 1. The Labute approximate surface area is 257 Å². The maximum Gasteiger partial charge on any atom is 0.312 e. The van der Waals surface area contributed by atoms with Crippen LogP contribution in [-0.4, -0.2) is 12.1 Å². The van der Waals surface area contributed by atoms with Crippen LogP contribution in [0.4, 0.5) is 0 Å². The van der Waals surface area contributed by atoms with E-state index < -0.39 is 5.41 Å². The Morgan fingerprint density at radius 3 is 1.73 bits per heavy atom. The van der Waals surface area contributed by atoms with Crippen molar-refractivity contribution in [2.75, 3.05) is 0 Å². The lowest BCUT2D eigenvalue weighted by atomic mass is 9.61. The first kappa shape index (κ1) is 38.0.